The standard InChI is InChI=1S/C14H14O7/c1-6-4-10-11(8(3)9(6)5-7(2)15)20-13(19-10)12(16)21-14(17)18/h4,13H,5H2,1-3H3,(H,17,18). The predicted molar refractivity (Wildman–Crippen MR) is 69.5 cm³/mol. The quantitative estimate of drug-likeness (QED) is 0.669. The third-order valence-electron chi connectivity index (χ3n) is 3.11. The monoisotopic (exact) mass is 294 g/mol. The summed E-state index contributed by atoms with van der Waals surface area (Å²) in [5.74, 6) is -0.500. The summed E-state index contributed by atoms with van der Waals surface area (Å²) >= 11 is 0. The number of hydrogen-bond acceptors (Lipinski definition) is 6. The van der Waals surface area contributed by atoms with E-state index in [2.05, 4.69) is 4.74 Å². The molecule has 0 radical (unpaired) electrons. The van der Waals surface area contributed by atoms with Gasteiger partial charge in [0, 0.05) is 6.42 Å². The Morgan fingerprint density at radius 2 is 1.95 bits per heavy atom. The average Bonchev–Trinajstić information content (AvgIpc) is 2.77. The van der Waals surface area contributed by atoms with Crippen LogP contribution >= 0.6 is 0 Å². The van der Waals surface area contributed by atoms with Gasteiger partial charge in [-0.2, -0.15) is 0 Å². The third kappa shape index (κ3) is 2.96. The topological polar surface area (TPSA) is 99.1 Å². The molecule has 1 aromatic rings. The molecule has 0 saturated carbocycles. The number of ketones is 1. The number of Topliss-reactive ketones (excluding diaryl/α,β-unsaturated/α-hetero) is 1. The van der Waals surface area contributed by atoms with Crippen molar-refractivity contribution in [3.05, 3.63) is 22.8 Å². The van der Waals surface area contributed by atoms with Crippen LogP contribution in [0.15, 0.2) is 6.07 Å². The van der Waals surface area contributed by atoms with Crippen LogP contribution in [0.25, 0.3) is 0 Å². The minimum atomic E-state index is -1.73. The Morgan fingerprint density at radius 3 is 2.52 bits per heavy atom. The number of rotatable bonds is 3. The number of carbonyl (C=O) groups excluding carboxylic acids is 2. The molecular weight excluding hydrogens is 280 g/mol. The molecule has 112 valence electrons. The van der Waals surface area contributed by atoms with Gasteiger partial charge in [0.1, 0.15) is 5.78 Å². The van der Waals surface area contributed by atoms with Crippen molar-refractivity contribution in [2.24, 2.45) is 0 Å². The van der Waals surface area contributed by atoms with Crippen LogP contribution in [-0.4, -0.2) is 29.3 Å². The lowest BCUT2D eigenvalue weighted by Crippen LogP contribution is -2.32. The highest BCUT2D eigenvalue weighted by Gasteiger charge is 2.35. The molecule has 1 heterocycles. The Balaban J connectivity index is 2.29. The van der Waals surface area contributed by atoms with Gasteiger partial charge in [-0.1, -0.05) is 0 Å². The van der Waals surface area contributed by atoms with E-state index in [1.54, 1.807) is 13.0 Å². The fourth-order valence-corrected chi connectivity index (χ4v) is 2.20. The zero-order chi connectivity index (χ0) is 15.7. The third-order valence-corrected chi connectivity index (χ3v) is 3.11. The number of benzene rings is 1. The Hall–Kier alpha value is -2.57. The summed E-state index contributed by atoms with van der Waals surface area (Å²) in [4.78, 5) is 33.1. The highest BCUT2D eigenvalue weighted by Crippen LogP contribution is 2.41. The molecule has 1 aliphatic rings. The molecule has 1 unspecified atom stereocenters. The van der Waals surface area contributed by atoms with Gasteiger partial charge in [-0.3, -0.25) is 4.79 Å². The van der Waals surface area contributed by atoms with E-state index < -0.39 is 18.4 Å². The lowest BCUT2D eigenvalue weighted by Gasteiger charge is -2.10. The van der Waals surface area contributed by atoms with Crippen LogP contribution < -0.4 is 9.47 Å². The van der Waals surface area contributed by atoms with Crippen LogP contribution in [0.5, 0.6) is 11.5 Å². The predicted octanol–water partition coefficient (Wildman–Crippen LogP) is 1.75. The van der Waals surface area contributed by atoms with Crippen molar-refractivity contribution >= 4 is 17.9 Å². The molecule has 21 heavy (non-hydrogen) atoms. The number of fused-ring (bicyclic) bond motifs is 1. The Morgan fingerprint density at radius 1 is 1.29 bits per heavy atom. The first-order valence-corrected chi connectivity index (χ1v) is 6.20. The van der Waals surface area contributed by atoms with Gasteiger partial charge in [-0.05, 0) is 43.5 Å². The van der Waals surface area contributed by atoms with E-state index in [1.165, 1.54) is 6.92 Å². The molecule has 1 aliphatic heterocycles. The highest BCUT2D eigenvalue weighted by atomic mass is 16.8. The maximum atomic E-state index is 11.5. The summed E-state index contributed by atoms with van der Waals surface area (Å²) in [5.41, 5.74) is 2.32. The lowest BCUT2D eigenvalue weighted by molar-refractivity contribution is -0.156. The first-order chi connectivity index (χ1) is 9.79. The van der Waals surface area contributed by atoms with Gasteiger partial charge in [-0.25, -0.2) is 9.59 Å². The van der Waals surface area contributed by atoms with E-state index in [1.807, 2.05) is 6.92 Å². The molecule has 1 N–H and O–H groups in total. The summed E-state index contributed by atoms with van der Waals surface area (Å²) in [6.45, 7) is 5.05. The number of esters is 1. The molecule has 1 atom stereocenters. The van der Waals surface area contributed by atoms with Gasteiger partial charge in [0.15, 0.2) is 11.5 Å². The number of carboxylic acid groups (broad SMARTS) is 1. The second kappa shape index (κ2) is 5.43. The molecule has 0 amide bonds. The van der Waals surface area contributed by atoms with Gasteiger partial charge >= 0.3 is 18.4 Å². The van der Waals surface area contributed by atoms with E-state index >= 15 is 0 Å². The number of carbonyl (C=O) groups is 3. The van der Waals surface area contributed by atoms with Crippen molar-refractivity contribution in [3.63, 3.8) is 0 Å². The Labute approximate surface area is 120 Å². The van der Waals surface area contributed by atoms with Crippen LogP contribution in [0.4, 0.5) is 4.79 Å². The lowest BCUT2D eigenvalue weighted by atomic mass is 9.97. The average molecular weight is 294 g/mol. The van der Waals surface area contributed by atoms with Crippen molar-refractivity contribution in [1.82, 2.24) is 0 Å². The van der Waals surface area contributed by atoms with Crippen LogP contribution in [0.2, 0.25) is 0 Å². The van der Waals surface area contributed by atoms with Crippen LogP contribution in [0, 0.1) is 13.8 Å². The summed E-state index contributed by atoms with van der Waals surface area (Å²) in [5, 5.41) is 8.41. The van der Waals surface area contributed by atoms with Gasteiger partial charge in [0.05, 0.1) is 0 Å². The molecule has 0 bridgehead atoms. The zero-order valence-electron chi connectivity index (χ0n) is 11.8. The SMILES string of the molecule is CC(=O)Cc1c(C)cc2c(c1C)OC(C(=O)OC(=O)O)O2. The van der Waals surface area contributed by atoms with Crippen LogP contribution in [-0.2, 0) is 20.7 Å². The van der Waals surface area contributed by atoms with Gasteiger partial charge in [0.2, 0.25) is 0 Å². The van der Waals surface area contributed by atoms with E-state index in [0.29, 0.717) is 17.1 Å². The van der Waals surface area contributed by atoms with Crippen molar-refractivity contribution in [3.8, 4) is 11.5 Å². The normalized spacial score (nSPS) is 15.7. The fourth-order valence-electron chi connectivity index (χ4n) is 2.20. The minimum Gasteiger partial charge on any atom is -0.449 e. The Kier molecular flexibility index (Phi) is 3.84. The fraction of sp³-hybridized carbons (Fsp3) is 0.357. The molecule has 1 aromatic carbocycles. The number of hydrogen-bond donors (Lipinski definition) is 1. The van der Waals surface area contributed by atoms with Gasteiger partial charge in [0.25, 0.3) is 0 Å². The van der Waals surface area contributed by atoms with E-state index in [4.69, 9.17) is 14.6 Å². The summed E-state index contributed by atoms with van der Waals surface area (Å²) in [6, 6.07) is 1.65. The van der Waals surface area contributed by atoms with Gasteiger partial charge < -0.3 is 19.3 Å². The molecule has 0 saturated heterocycles. The summed E-state index contributed by atoms with van der Waals surface area (Å²) in [7, 11) is 0. The highest BCUT2D eigenvalue weighted by molar-refractivity contribution is 5.85. The number of ether oxygens (including phenoxy) is 3. The van der Waals surface area contributed by atoms with Crippen molar-refractivity contribution in [2.75, 3.05) is 0 Å². The maximum Gasteiger partial charge on any atom is 0.513 e. The summed E-state index contributed by atoms with van der Waals surface area (Å²) in [6.07, 6.45) is -2.94. The first-order valence-electron chi connectivity index (χ1n) is 6.20. The first kappa shape index (κ1) is 14.8. The van der Waals surface area contributed by atoms with Crippen LogP contribution in [0.1, 0.15) is 23.6 Å². The van der Waals surface area contributed by atoms with Crippen molar-refractivity contribution in [1.29, 1.82) is 0 Å². The molecule has 0 aliphatic carbocycles. The molecule has 7 heteroatoms. The van der Waals surface area contributed by atoms with Crippen LogP contribution in [0.3, 0.4) is 0 Å². The Bertz CT molecular complexity index is 633. The van der Waals surface area contributed by atoms with E-state index in [9.17, 15) is 14.4 Å². The second-order valence-electron chi connectivity index (χ2n) is 4.76. The zero-order valence-corrected chi connectivity index (χ0v) is 11.8. The second-order valence-corrected chi connectivity index (χ2v) is 4.76. The molecule has 2 rings (SSSR count). The smallest absolute Gasteiger partial charge is 0.449 e. The van der Waals surface area contributed by atoms with Gasteiger partial charge in [-0.15, -0.1) is 0 Å². The molecular formula is C14H14O7. The summed E-state index contributed by atoms with van der Waals surface area (Å²) < 4.78 is 14.6. The van der Waals surface area contributed by atoms with Crippen molar-refractivity contribution in [2.45, 2.75) is 33.5 Å². The molecule has 0 spiro atoms. The molecule has 0 aromatic heterocycles. The maximum absolute atomic E-state index is 11.5. The molecule has 0 fully saturated rings. The van der Waals surface area contributed by atoms with E-state index in [0.717, 1.165) is 11.1 Å². The minimum absolute atomic E-state index is 0.00176. The molecule has 7 nitrogen and oxygen atoms in total. The van der Waals surface area contributed by atoms with E-state index in [-0.39, 0.29) is 12.2 Å². The number of aryl methyl sites for hydroxylation is 1. The largest absolute Gasteiger partial charge is 0.513 e. The van der Waals surface area contributed by atoms with Crippen molar-refractivity contribution < 1.29 is 33.7 Å².